The first kappa shape index (κ1) is 10.8. The minimum atomic E-state index is 0.483. The molecular formula is C14H16N2S. The van der Waals surface area contributed by atoms with Crippen LogP contribution in [0.4, 0.5) is 0 Å². The van der Waals surface area contributed by atoms with Crippen LogP contribution in [0.3, 0.4) is 0 Å². The Hall–Kier alpha value is -1.35. The van der Waals surface area contributed by atoms with Crippen molar-refractivity contribution in [1.29, 1.82) is 0 Å². The van der Waals surface area contributed by atoms with E-state index in [1.165, 1.54) is 30.2 Å². The van der Waals surface area contributed by atoms with Gasteiger partial charge in [-0.1, -0.05) is 30.8 Å². The lowest BCUT2D eigenvalue weighted by Crippen LogP contribution is -2.17. The van der Waals surface area contributed by atoms with E-state index in [0.29, 0.717) is 4.99 Å². The summed E-state index contributed by atoms with van der Waals surface area (Å²) in [4.78, 5) is 0.483. The second-order valence-electron chi connectivity index (χ2n) is 4.87. The van der Waals surface area contributed by atoms with Crippen LogP contribution in [0.25, 0.3) is 10.9 Å². The van der Waals surface area contributed by atoms with Crippen molar-refractivity contribution in [3.8, 4) is 0 Å². The lowest BCUT2D eigenvalue weighted by Gasteiger charge is -2.26. The van der Waals surface area contributed by atoms with E-state index in [2.05, 4.69) is 22.9 Å². The van der Waals surface area contributed by atoms with Crippen LogP contribution in [-0.2, 0) is 6.54 Å². The van der Waals surface area contributed by atoms with Gasteiger partial charge in [-0.2, -0.15) is 0 Å². The van der Waals surface area contributed by atoms with Gasteiger partial charge in [0.05, 0.1) is 0 Å². The van der Waals surface area contributed by atoms with Gasteiger partial charge in [-0.05, 0) is 30.9 Å². The summed E-state index contributed by atoms with van der Waals surface area (Å²) in [6.07, 6.45) is 6.29. The van der Waals surface area contributed by atoms with Gasteiger partial charge in [-0.3, -0.25) is 0 Å². The van der Waals surface area contributed by atoms with Crippen molar-refractivity contribution in [3.05, 3.63) is 36.0 Å². The number of hydrogen-bond donors (Lipinski definition) is 1. The quantitative estimate of drug-likeness (QED) is 0.841. The zero-order valence-corrected chi connectivity index (χ0v) is 10.5. The second-order valence-corrected chi connectivity index (χ2v) is 5.31. The molecule has 0 amide bonds. The molecule has 0 unspecified atom stereocenters. The number of nitrogens with two attached hydrogens (primary N) is 1. The largest absolute Gasteiger partial charge is 0.389 e. The molecule has 1 aliphatic carbocycles. The number of fused-ring (bicyclic) bond motifs is 1. The summed E-state index contributed by atoms with van der Waals surface area (Å²) >= 11 is 5.09. The fourth-order valence-corrected chi connectivity index (χ4v) is 2.73. The van der Waals surface area contributed by atoms with Gasteiger partial charge in [0, 0.05) is 29.2 Å². The number of rotatable bonds is 3. The normalized spacial score (nSPS) is 16.0. The van der Waals surface area contributed by atoms with Gasteiger partial charge in [0.25, 0.3) is 0 Å². The topological polar surface area (TPSA) is 30.9 Å². The molecule has 17 heavy (non-hydrogen) atoms. The minimum Gasteiger partial charge on any atom is -0.389 e. The van der Waals surface area contributed by atoms with Crippen LogP contribution in [0, 0.1) is 5.92 Å². The molecule has 1 aromatic carbocycles. The molecule has 1 fully saturated rings. The fraction of sp³-hybridized carbons (Fsp3) is 0.357. The number of benzene rings is 1. The molecule has 0 radical (unpaired) electrons. The summed E-state index contributed by atoms with van der Waals surface area (Å²) < 4.78 is 2.33. The number of aromatic nitrogens is 1. The van der Waals surface area contributed by atoms with E-state index in [4.69, 9.17) is 18.0 Å². The number of thiocarbonyl (C=S) groups is 1. The molecule has 1 aromatic heterocycles. The molecular weight excluding hydrogens is 228 g/mol. The van der Waals surface area contributed by atoms with Gasteiger partial charge >= 0.3 is 0 Å². The average Bonchev–Trinajstić information content (AvgIpc) is 2.66. The van der Waals surface area contributed by atoms with Crippen molar-refractivity contribution < 1.29 is 0 Å². The lowest BCUT2D eigenvalue weighted by molar-refractivity contribution is 0.280. The van der Waals surface area contributed by atoms with Gasteiger partial charge in [0.2, 0.25) is 0 Å². The fourth-order valence-electron chi connectivity index (χ4n) is 2.55. The summed E-state index contributed by atoms with van der Waals surface area (Å²) in [7, 11) is 0. The van der Waals surface area contributed by atoms with Crippen molar-refractivity contribution in [3.63, 3.8) is 0 Å². The van der Waals surface area contributed by atoms with Gasteiger partial charge in [-0.25, -0.2) is 0 Å². The van der Waals surface area contributed by atoms with Gasteiger partial charge in [0.15, 0.2) is 0 Å². The third-order valence-electron chi connectivity index (χ3n) is 3.76. The Bertz CT molecular complexity index is 567. The highest BCUT2D eigenvalue weighted by molar-refractivity contribution is 7.80. The Morgan fingerprint density at radius 2 is 2.18 bits per heavy atom. The monoisotopic (exact) mass is 244 g/mol. The van der Waals surface area contributed by atoms with Crippen molar-refractivity contribution in [2.75, 3.05) is 0 Å². The lowest BCUT2D eigenvalue weighted by atomic mass is 9.85. The van der Waals surface area contributed by atoms with Crippen molar-refractivity contribution in [1.82, 2.24) is 4.57 Å². The van der Waals surface area contributed by atoms with E-state index in [0.717, 1.165) is 18.0 Å². The standard InChI is InChI=1S/C14H16N2S/c15-14(17)12-5-2-6-13-11(12)7-8-16(13)9-10-3-1-4-10/h2,5-8,10H,1,3-4,9H2,(H2,15,17). The van der Waals surface area contributed by atoms with Crippen LogP contribution >= 0.6 is 12.2 Å². The molecule has 0 bridgehead atoms. The predicted octanol–water partition coefficient (Wildman–Crippen LogP) is 3.08. The number of hydrogen-bond acceptors (Lipinski definition) is 1. The van der Waals surface area contributed by atoms with Crippen molar-refractivity contribution in [2.24, 2.45) is 11.7 Å². The number of nitrogens with zero attached hydrogens (tertiary/aromatic N) is 1. The summed E-state index contributed by atoms with van der Waals surface area (Å²) in [5, 5.41) is 1.18. The van der Waals surface area contributed by atoms with E-state index in [1.54, 1.807) is 0 Å². The zero-order chi connectivity index (χ0) is 11.8. The minimum absolute atomic E-state index is 0.483. The maximum Gasteiger partial charge on any atom is 0.104 e. The third-order valence-corrected chi connectivity index (χ3v) is 3.98. The molecule has 2 aromatic rings. The SMILES string of the molecule is NC(=S)c1cccc2c1ccn2CC1CCC1. The summed E-state index contributed by atoms with van der Waals surface area (Å²) in [5.74, 6) is 0.860. The van der Waals surface area contributed by atoms with E-state index < -0.39 is 0 Å². The van der Waals surface area contributed by atoms with Crippen LogP contribution in [0.1, 0.15) is 24.8 Å². The van der Waals surface area contributed by atoms with Crippen molar-refractivity contribution in [2.45, 2.75) is 25.8 Å². The predicted molar refractivity (Wildman–Crippen MR) is 75.2 cm³/mol. The smallest absolute Gasteiger partial charge is 0.104 e. The van der Waals surface area contributed by atoms with Crippen LogP contribution in [-0.4, -0.2) is 9.56 Å². The molecule has 1 saturated carbocycles. The molecule has 0 saturated heterocycles. The van der Waals surface area contributed by atoms with Gasteiger partial charge in [0.1, 0.15) is 4.99 Å². The van der Waals surface area contributed by atoms with E-state index in [9.17, 15) is 0 Å². The molecule has 3 heteroatoms. The summed E-state index contributed by atoms with van der Waals surface area (Å²) in [6.45, 7) is 1.13. The highest BCUT2D eigenvalue weighted by atomic mass is 32.1. The van der Waals surface area contributed by atoms with Crippen LogP contribution in [0.2, 0.25) is 0 Å². The molecule has 0 aliphatic heterocycles. The molecule has 0 spiro atoms. The van der Waals surface area contributed by atoms with Crippen LogP contribution in [0.5, 0.6) is 0 Å². The van der Waals surface area contributed by atoms with Crippen LogP contribution < -0.4 is 5.73 Å². The Balaban J connectivity index is 2.03. The first-order valence-corrected chi connectivity index (χ1v) is 6.54. The van der Waals surface area contributed by atoms with Crippen LogP contribution in [0.15, 0.2) is 30.5 Å². The Labute approximate surface area is 106 Å². The zero-order valence-electron chi connectivity index (χ0n) is 9.73. The Morgan fingerprint density at radius 3 is 2.82 bits per heavy atom. The van der Waals surface area contributed by atoms with Gasteiger partial charge in [-0.15, -0.1) is 0 Å². The highest BCUT2D eigenvalue weighted by Gasteiger charge is 2.18. The highest BCUT2D eigenvalue weighted by Crippen LogP contribution is 2.30. The third kappa shape index (κ3) is 1.84. The molecule has 1 heterocycles. The maximum absolute atomic E-state index is 5.75. The summed E-state index contributed by atoms with van der Waals surface area (Å²) in [6, 6.07) is 8.31. The molecule has 2 N–H and O–H groups in total. The maximum atomic E-state index is 5.75. The Kier molecular flexibility index (Phi) is 2.63. The van der Waals surface area contributed by atoms with Crippen molar-refractivity contribution >= 4 is 28.1 Å². The van der Waals surface area contributed by atoms with E-state index in [-0.39, 0.29) is 0 Å². The first-order valence-electron chi connectivity index (χ1n) is 6.13. The van der Waals surface area contributed by atoms with E-state index in [1.807, 2.05) is 12.1 Å². The Morgan fingerprint density at radius 1 is 1.35 bits per heavy atom. The molecule has 0 atom stereocenters. The molecule has 2 nitrogen and oxygen atoms in total. The molecule has 3 rings (SSSR count). The molecule has 1 aliphatic rings. The average molecular weight is 244 g/mol. The second kappa shape index (κ2) is 4.15. The summed E-state index contributed by atoms with van der Waals surface area (Å²) in [5.41, 5.74) is 7.99. The first-order chi connectivity index (χ1) is 8.25. The molecule has 88 valence electrons. The van der Waals surface area contributed by atoms with E-state index >= 15 is 0 Å². The van der Waals surface area contributed by atoms with Gasteiger partial charge < -0.3 is 10.3 Å².